The number of urea groups is 1. The Labute approximate surface area is 131 Å². The fourth-order valence-electron chi connectivity index (χ4n) is 2.33. The van der Waals surface area contributed by atoms with Crippen molar-refractivity contribution in [3.63, 3.8) is 0 Å². The minimum absolute atomic E-state index is 0.0540. The number of hydrogen-bond donors (Lipinski definition) is 1. The van der Waals surface area contributed by atoms with Gasteiger partial charge in [0, 0.05) is 33.1 Å². The van der Waals surface area contributed by atoms with Gasteiger partial charge in [-0.05, 0) is 18.6 Å². The summed E-state index contributed by atoms with van der Waals surface area (Å²) in [4.78, 5) is 27.1. The molecular weight excluding hydrogens is 282 g/mol. The maximum absolute atomic E-state index is 12.3. The molecule has 1 N–H and O–H groups in total. The van der Waals surface area contributed by atoms with Gasteiger partial charge in [-0.2, -0.15) is 0 Å². The van der Waals surface area contributed by atoms with E-state index in [-0.39, 0.29) is 11.9 Å². The third-order valence-electron chi connectivity index (χ3n) is 3.60. The molecule has 0 atom stereocenters. The Balaban J connectivity index is 1.94. The van der Waals surface area contributed by atoms with Gasteiger partial charge < -0.3 is 19.9 Å². The number of piperazine rings is 1. The highest BCUT2D eigenvalue weighted by atomic mass is 16.5. The molecule has 3 amide bonds. The normalized spacial score (nSPS) is 14.6. The van der Waals surface area contributed by atoms with Crippen LogP contribution in [0.5, 0.6) is 5.75 Å². The highest BCUT2D eigenvalue weighted by Gasteiger charge is 2.22. The van der Waals surface area contributed by atoms with E-state index in [1.165, 1.54) is 0 Å². The van der Waals surface area contributed by atoms with Crippen molar-refractivity contribution in [1.29, 1.82) is 0 Å². The van der Waals surface area contributed by atoms with Gasteiger partial charge in [0.1, 0.15) is 5.75 Å². The van der Waals surface area contributed by atoms with Gasteiger partial charge in [0.05, 0.1) is 12.3 Å². The quantitative estimate of drug-likeness (QED) is 0.927. The van der Waals surface area contributed by atoms with E-state index in [1.807, 2.05) is 31.2 Å². The molecule has 120 valence electrons. The molecule has 6 heteroatoms. The number of nitrogens with zero attached hydrogens (tertiary/aromatic N) is 2. The van der Waals surface area contributed by atoms with E-state index in [4.69, 9.17) is 4.74 Å². The Morgan fingerprint density at radius 1 is 1.14 bits per heavy atom. The molecule has 1 heterocycles. The molecule has 2 rings (SSSR count). The van der Waals surface area contributed by atoms with Crippen LogP contribution >= 0.6 is 0 Å². The number of nitrogens with one attached hydrogen (secondary N) is 1. The van der Waals surface area contributed by atoms with Gasteiger partial charge in [-0.1, -0.05) is 19.1 Å². The molecule has 1 aromatic rings. The van der Waals surface area contributed by atoms with Gasteiger partial charge in [0.2, 0.25) is 5.91 Å². The third-order valence-corrected chi connectivity index (χ3v) is 3.60. The summed E-state index contributed by atoms with van der Waals surface area (Å²) in [5.41, 5.74) is 0.676. The number of rotatable bonds is 4. The van der Waals surface area contributed by atoms with E-state index in [1.54, 1.807) is 16.7 Å². The standard InChI is InChI=1S/C16H23N3O3/c1-3-12-22-15-7-5-4-6-14(15)17-16(21)19-10-8-18(9-11-19)13(2)20/h4-7H,3,8-12H2,1-2H3,(H,17,21). The molecule has 0 aromatic heterocycles. The summed E-state index contributed by atoms with van der Waals surface area (Å²) >= 11 is 0. The maximum atomic E-state index is 12.3. The predicted octanol–water partition coefficient (Wildman–Crippen LogP) is 2.17. The first-order chi connectivity index (χ1) is 10.6. The van der Waals surface area contributed by atoms with Crippen molar-refractivity contribution in [3.8, 4) is 5.75 Å². The van der Waals surface area contributed by atoms with Crippen LogP contribution in [0.15, 0.2) is 24.3 Å². The molecule has 0 radical (unpaired) electrons. The molecule has 1 aliphatic rings. The average Bonchev–Trinajstić information content (AvgIpc) is 2.54. The van der Waals surface area contributed by atoms with Crippen LogP contribution in [-0.2, 0) is 4.79 Å². The maximum Gasteiger partial charge on any atom is 0.322 e. The zero-order chi connectivity index (χ0) is 15.9. The van der Waals surface area contributed by atoms with Gasteiger partial charge in [0.25, 0.3) is 0 Å². The molecule has 0 bridgehead atoms. The molecule has 0 spiro atoms. The smallest absolute Gasteiger partial charge is 0.322 e. The first-order valence-electron chi connectivity index (χ1n) is 7.65. The molecule has 1 fully saturated rings. The summed E-state index contributed by atoms with van der Waals surface area (Å²) in [5, 5.41) is 2.89. The van der Waals surface area contributed by atoms with Crippen LogP contribution in [0.3, 0.4) is 0 Å². The van der Waals surface area contributed by atoms with E-state index in [0.29, 0.717) is 44.2 Å². The number of para-hydroxylation sites is 2. The van der Waals surface area contributed by atoms with Gasteiger partial charge in [-0.25, -0.2) is 4.79 Å². The molecule has 0 aliphatic carbocycles. The van der Waals surface area contributed by atoms with E-state index >= 15 is 0 Å². The predicted molar refractivity (Wildman–Crippen MR) is 85.1 cm³/mol. The highest BCUT2D eigenvalue weighted by Crippen LogP contribution is 2.24. The SMILES string of the molecule is CCCOc1ccccc1NC(=O)N1CCN(C(C)=O)CC1. The largest absolute Gasteiger partial charge is 0.491 e. The number of ether oxygens (including phenoxy) is 1. The van der Waals surface area contributed by atoms with Crippen molar-refractivity contribution in [1.82, 2.24) is 9.80 Å². The van der Waals surface area contributed by atoms with Crippen LogP contribution in [0, 0.1) is 0 Å². The molecule has 1 aromatic carbocycles. The lowest BCUT2D eigenvalue weighted by molar-refractivity contribution is -0.130. The first-order valence-corrected chi connectivity index (χ1v) is 7.65. The molecular formula is C16H23N3O3. The number of carbonyl (C=O) groups is 2. The number of benzene rings is 1. The van der Waals surface area contributed by atoms with Gasteiger partial charge >= 0.3 is 6.03 Å². The van der Waals surface area contributed by atoms with Crippen molar-refractivity contribution < 1.29 is 14.3 Å². The zero-order valence-corrected chi connectivity index (χ0v) is 13.2. The summed E-state index contributed by atoms with van der Waals surface area (Å²) in [6, 6.07) is 7.26. The monoisotopic (exact) mass is 305 g/mol. The number of anilines is 1. The fraction of sp³-hybridized carbons (Fsp3) is 0.500. The van der Waals surface area contributed by atoms with Crippen LogP contribution in [0.2, 0.25) is 0 Å². The van der Waals surface area contributed by atoms with E-state index in [2.05, 4.69) is 5.32 Å². The molecule has 6 nitrogen and oxygen atoms in total. The topological polar surface area (TPSA) is 61.9 Å². The van der Waals surface area contributed by atoms with Crippen LogP contribution in [0.1, 0.15) is 20.3 Å². The van der Waals surface area contributed by atoms with Crippen molar-refractivity contribution in [2.24, 2.45) is 0 Å². The Morgan fingerprint density at radius 2 is 1.77 bits per heavy atom. The Morgan fingerprint density at radius 3 is 2.41 bits per heavy atom. The Hall–Kier alpha value is -2.24. The van der Waals surface area contributed by atoms with Gasteiger partial charge in [-0.15, -0.1) is 0 Å². The summed E-state index contributed by atoms with van der Waals surface area (Å²) in [7, 11) is 0. The minimum Gasteiger partial charge on any atom is -0.491 e. The lowest BCUT2D eigenvalue weighted by atomic mass is 10.3. The molecule has 22 heavy (non-hydrogen) atoms. The second-order valence-corrected chi connectivity index (χ2v) is 5.27. The average molecular weight is 305 g/mol. The van der Waals surface area contributed by atoms with Gasteiger partial charge in [0.15, 0.2) is 0 Å². The van der Waals surface area contributed by atoms with Crippen molar-refractivity contribution in [3.05, 3.63) is 24.3 Å². The second-order valence-electron chi connectivity index (χ2n) is 5.27. The highest BCUT2D eigenvalue weighted by molar-refractivity contribution is 5.91. The zero-order valence-electron chi connectivity index (χ0n) is 13.2. The summed E-state index contributed by atoms with van der Waals surface area (Å²) in [5.74, 6) is 0.735. The Kier molecular flexibility index (Phi) is 5.63. The number of hydrogen-bond acceptors (Lipinski definition) is 3. The van der Waals surface area contributed by atoms with E-state index < -0.39 is 0 Å². The van der Waals surface area contributed by atoms with Crippen molar-refractivity contribution in [2.45, 2.75) is 20.3 Å². The molecule has 1 aliphatic heterocycles. The van der Waals surface area contributed by atoms with Crippen LogP contribution < -0.4 is 10.1 Å². The van der Waals surface area contributed by atoms with Crippen LogP contribution in [0.25, 0.3) is 0 Å². The molecule has 1 saturated heterocycles. The summed E-state index contributed by atoms with van der Waals surface area (Å²) < 4.78 is 5.64. The van der Waals surface area contributed by atoms with Crippen LogP contribution in [0.4, 0.5) is 10.5 Å². The second kappa shape index (κ2) is 7.68. The summed E-state index contributed by atoms with van der Waals surface area (Å²) in [6.45, 7) is 6.46. The van der Waals surface area contributed by atoms with Crippen LogP contribution in [-0.4, -0.2) is 54.5 Å². The minimum atomic E-state index is -0.157. The number of carbonyl (C=O) groups excluding carboxylic acids is 2. The van der Waals surface area contributed by atoms with Crippen molar-refractivity contribution >= 4 is 17.6 Å². The van der Waals surface area contributed by atoms with E-state index in [9.17, 15) is 9.59 Å². The van der Waals surface area contributed by atoms with E-state index in [0.717, 1.165) is 6.42 Å². The van der Waals surface area contributed by atoms with Crippen molar-refractivity contribution in [2.75, 3.05) is 38.1 Å². The first kappa shape index (κ1) is 16.1. The fourth-order valence-corrected chi connectivity index (χ4v) is 2.33. The van der Waals surface area contributed by atoms with Gasteiger partial charge in [-0.3, -0.25) is 4.79 Å². The Bertz CT molecular complexity index is 525. The lowest BCUT2D eigenvalue weighted by Crippen LogP contribution is -2.51. The lowest BCUT2D eigenvalue weighted by Gasteiger charge is -2.34. The molecule has 0 saturated carbocycles. The molecule has 0 unspecified atom stereocenters. The number of amides is 3. The third kappa shape index (κ3) is 4.13. The summed E-state index contributed by atoms with van der Waals surface area (Å²) in [6.07, 6.45) is 0.912.